The summed E-state index contributed by atoms with van der Waals surface area (Å²) in [5.74, 6) is 1.64. The van der Waals surface area contributed by atoms with E-state index in [2.05, 4.69) is 19.9 Å². The Kier molecular flexibility index (Phi) is 3.77. The molecule has 0 heterocycles. The Morgan fingerprint density at radius 2 is 1.84 bits per heavy atom. The minimum atomic E-state index is -0.292. The first-order valence-electron chi connectivity index (χ1n) is 6.92. The Morgan fingerprint density at radius 1 is 1.11 bits per heavy atom. The zero-order valence-corrected chi connectivity index (χ0v) is 12.5. The van der Waals surface area contributed by atoms with Crippen LogP contribution in [0, 0.1) is 5.41 Å². The van der Waals surface area contributed by atoms with Crippen LogP contribution in [0.15, 0.2) is 18.2 Å². The lowest BCUT2D eigenvalue weighted by Crippen LogP contribution is -2.44. The van der Waals surface area contributed by atoms with Crippen molar-refractivity contribution in [3.63, 3.8) is 0 Å². The first kappa shape index (κ1) is 14.2. The van der Waals surface area contributed by atoms with E-state index in [0.29, 0.717) is 0 Å². The lowest BCUT2D eigenvalue weighted by molar-refractivity contribution is 0.148. The van der Waals surface area contributed by atoms with E-state index >= 15 is 0 Å². The molecule has 0 aliphatic heterocycles. The Balaban J connectivity index is 2.39. The summed E-state index contributed by atoms with van der Waals surface area (Å²) in [7, 11) is 3.35. The van der Waals surface area contributed by atoms with Crippen molar-refractivity contribution in [3.8, 4) is 11.5 Å². The number of rotatable bonds is 3. The molecule has 0 radical (unpaired) electrons. The molecule has 1 atom stereocenters. The number of benzene rings is 1. The van der Waals surface area contributed by atoms with Gasteiger partial charge in [0.2, 0.25) is 0 Å². The highest BCUT2D eigenvalue weighted by atomic mass is 16.5. The molecule has 19 heavy (non-hydrogen) atoms. The smallest absolute Gasteiger partial charge is 0.127 e. The summed E-state index contributed by atoms with van der Waals surface area (Å²) in [6, 6.07) is 5.94. The van der Waals surface area contributed by atoms with E-state index in [1.54, 1.807) is 14.2 Å². The van der Waals surface area contributed by atoms with Crippen molar-refractivity contribution in [2.24, 2.45) is 11.1 Å². The van der Waals surface area contributed by atoms with Gasteiger partial charge >= 0.3 is 0 Å². The topological polar surface area (TPSA) is 44.5 Å². The van der Waals surface area contributed by atoms with E-state index < -0.39 is 0 Å². The molecular weight excluding hydrogens is 238 g/mol. The Morgan fingerprint density at radius 3 is 2.42 bits per heavy atom. The van der Waals surface area contributed by atoms with Crippen LogP contribution in [0.5, 0.6) is 11.5 Å². The van der Waals surface area contributed by atoms with Gasteiger partial charge in [-0.15, -0.1) is 0 Å². The molecule has 1 aromatic rings. The second kappa shape index (κ2) is 5.04. The van der Waals surface area contributed by atoms with Crippen molar-refractivity contribution in [1.29, 1.82) is 0 Å². The highest BCUT2D eigenvalue weighted by Crippen LogP contribution is 2.47. The SMILES string of the molecule is COc1ccc(C2(N)CCCC(C)(C)C2)c(OC)c1. The molecule has 106 valence electrons. The molecule has 2 N–H and O–H groups in total. The van der Waals surface area contributed by atoms with E-state index in [4.69, 9.17) is 15.2 Å². The van der Waals surface area contributed by atoms with Crippen LogP contribution in [0.25, 0.3) is 0 Å². The van der Waals surface area contributed by atoms with E-state index in [1.165, 1.54) is 12.8 Å². The van der Waals surface area contributed by atoms with Crippen molar-refractivity contribution in [3.05, 3.63) is 23.8 Å². The maximum atomic E-state index is 6.70. The zero-order valence-electron chi connectivity index (χ0n) is 12.5. The summed E-state index contributed by atoms with van der Waals surface area (Å²) >= 11 is 0. The molecule has 0 saturated heterocycles. The molecule has 0 spiro atoms. The molecule has 1 aliphatic carbocycles. The summed E-state index contributed by atoms with van der Waals surface area (Å²) in [4.78, 5) is 0. The van der Waals surface area contributed by atoms with Gasteiger partial charge in [0.05, 0.1) is 14.2 Å². The molecule has 0 amide bonds. The molecular formula is C16H25NO2. The number of hydrogen-bond donors (Lipinski definition) is 1. The quantitative estimate of drug-likeness (QED) is 0.908. The van der Waals surface area contributed by atoms with Crippen LogP contribution in [0.3, 0.4) is 0 Å². The molecule has 1 aliphatic rings. The maximum absolute atomic E-state index is 6.70. The van der Waals surface area contributed by atoms with Crippen LogP contribution >= 0.6 is 0 Å². The average Bonchev–Trinajstić information content (AvgIpc) is 2.36. The number of nitrogens with two attached hydrogens (primary N) is 1. The minimum absolute atomic E-state index is 0.290. The average molecular weight is 263 g/mol. The third-order valence-electron chi connectivity index (χ3n) is 4.22. The Hall–Kier alpha value is -1.22. The molecule has 3 nitrogen and oxygen atoms in total. The monoisotopic (exact) mass is 263 g/mol. The van der Waals surface area contributed by atoms with Gasteiger partial charge in [-0.05, 0) is 36.8 Å². The maximum Gasteiger partial charge on any atom is 0.127 e. The molecule has 3 heteroatoms. The second-order valence-electron chi connectivity index (χ2n) is 6.42. The van der Waals surface area contributed by atoms with Crippen molar-refractivity contribution < 1.29 is 9.47 Å². The summed E-state index contributed by atoms with van der Waals surface area (Å²) < 4.78 is 10.8. The Labute approximate surface area is 116 Å². The van der Waals surface area contributed by atoms with Crippen LogP contribution in [0.2, 0.25) is 0 Å². The van der Waals surface area contributed by atoms with Crippen LogP contribution < -0.4 is 15.2 Å². The van der Waals surface area contributed by atoms with Gasteiger partial charge in [-0.1, -0.05) is 20.3 Å². The summed E-state index contributed by atoms with van der Waals surface area (Å²) in [6.45, 7) is 4.59. The highest BCUT2D eigenvalue weighted by Gasteiger charge is 2.39. The summed E-state index contributed by atoms with van der Waals surface area (Å²) in [5.41, 5.74) is 7.80. The molecule has 0 aromatic heterocycles. The van der Waals surface area contributed by atoms with Gasteiger partial charge in [0.15, 0.2) is 0 Å². The molecule has 2 rings (SSSR count). The van der Waals surface area contributed by atoms with Crippen molar-refractivity contribution in [1.82, 2.24) is 0 Å². The number of hydrogen-bond acceptors (Lipinski definition) is 3. The van der Waals surface area contributed by atoms with Crippen molar-refractivity contribution >= 4 is 0 Å². The molecule has 1 aromatic carbocycles. The zero-order chi connectivity index (χ0) is 14.1. The van der Waals surface area contributed by atoms with Crippen molar-refractivity contribution in [2.45, 2.75) is 45.1 Å². The highest BCUT2D eigenvalue weighted by molar-refractivity contribution is 5.45. The van der Waals surface area contributed by atoms with E-state index in [-0.39, 0.29) is 11.0 Å². The Bertz CT molecular complexity index is 456. The predicted molar refractivity (Wildman–Crippen MR) is 77.7 cm³/mol. The number of ether oxygens (including phenoxy) is 2. The fraction of sp³-hybridized carbons (Fsp3) is 0.625. The van der Waals surface area contributed by atoms with Crippen LogP contribution in [-0.4, -0.2) is 14.2 Å². The second-order valence-corrected chi connectivity index (χ2v) is 6.42. The van der Waals surface area contributed by atoms with Gasteiger partial charge in [-0.3, -0.25) is 0 Å². The van der Waals surface area contributed by atoms with Gasteiger partial charge < -0.3 is 15.2 Å². The lowest BCUT2D eigenvalue weighted by Gasteiger charge is -2.43. The predicted octanol–water partition coefficient (Wildman–Crippen LogP) is 3.46. The number of methoxy groups -OCH3 is 2. The normalized spacial score (nSPS) is 25.9. The van der Waals surface area contributed by atoms with Crippen LogP contribution in [0.4, 0.5) is 0 Å². The van der Waals surface area contributed by atoms with Crippen molar-refractivity contribution in [2.75, 3.05) is 14.2 Å². The third kappa shape index (κ3) is 2.86. The van der Waals surface area contributed by atoms with E-state index in [9.17, 15) is 0 Å². The van der Waals surface area contributed by atoms with E-state index in [1.807, 2.05) is 12.1 Å². The van der Waals surface area contributed by atoms with Gasteiger partial charge in [-0.2, -0.15) is 0 Å². The van der Waals surface area contributed by atoms with Gasteiger partial charge in [-0.25, -0.2) is 0 Å². The summed E-state index contributed by atoms with van der Waals surface area (Å²) in [6.07, 6.45) is 4.41. The van der Waals surface area contributed by atoms with Gasteiger partial charge in [0, 0.05) is 17.2 Å². The first-order valence-corrected chi connectivity index (χ1v) is 6.92. The molecule has 1 unspecified atom stereocenters. The molecule has 1 saturated carbocycles. The fourth-order valence-electron chi connectivity index (χ4n) is 3.35. The fourth-order valence-corrected chi connectivity index (χ4v) is 3.35. The molecule has 1 fully saturated rings. The minimum Gasteiger partial charge on any atom is -0.497 e. The largest absolute Gasteiger partial charge is 0.497 e. The first-order chi connectivity index (χ1) is 8.90. The molecule has 0 bridgehead atoms. The summed E-state index contributed by atoms with van der Waals surface area (Å²) in [5, 5.41) is 0. The third-order valence-corrected chi connectivity index (χ3v) is 4.22. The van der Waals surface area contributed by atoms with Gasteiger partial charge in [0.1, 0.15) is 11.5 Å². The van der Waals surface area contributed by atoms with Crippen LogP contribution in [-0.2, 0) is 5.54 Å². The lowest BCUT2D eigenvalue weighted by atomic mass is 9.66. The van der Waals surface area contributed by atoms with E-state index in [0.717, 1.165) is 29.9 Å². The van der Waals surface area contributed by atoms with Gasteiger partial charge in [0.25, 0.3) is 0 Å². The standard InChI is InChI=1S/C16H25NO2/c1-15(2)8-5-9-16(17,11-15)13-7-6-12(18-3)10-14(13)19-4/h6-7,10H,5,8-9,11,17H2,1-4H3. The van der Waals surface area contributed by atoms with Crippen LogP contribution in [0.1, 0.15) is 45.1 Å².